The van der Waals surface area contributed by atoms with Gasteiger partial charge in [-0.25, -0.2) is 8.42 Å². The number of anilines is 1. The van der Waals surface area contributed by atoms with Gasteiger partial charge in [0.25, 0.3) is 5.91 Å². The van der Waals surface area contributed by atoms with E-state index in [1.807, 2.05) is 24.3 Å². The van der Waals surface area contributed by atoms with Gasteiger partial charge in [-0.05, 0) is 55.0 Å². The maximum atomic E-state index is 13.4. The molecule has 0 atom stereocenters. The van der Waals surface area contributed by atoms with E-state index in [0.29, 0.717) is 31.1 Å². The Morgan fingerprint density at radius 3 is 2.52 bits per heavy atom. The van der Waals surface area contributed by atoms with Crippen molar-refractivity contribution >= 4 is 32.5 Å². The standard InChI is InChI=1S/C25H27N3O4S/c1-17-9-12-27(13-10-17)33(31,32)19-7-8-23-20(15-19)24(29)21(16-26(23)2)25(30)28-14-11-18-5-3-4-6-22(18)28/h3-8,15-17H,9-14H2,1-2H3. The van der Waals surface area contributed by atoms with Crippen LogP contribution in [0, 0.1) is 5.92 Å². The van der Waals surface area contributed by atoms with Crippen LogP contribution >= 0.6 is 0 Å². The highest BCUT2D eigenvalue weighted by molar-refractivity contribution is 7.89. The lowest BCUT2D eigenvalue weighted by Crippen LogP contribution is -2.38. The molecule has 7 nitrogen and oxygen atoms in total. The molecule has 0 radical (unpaired) electrons. The predicted molar refractivity (Wildman–Crippen MR) is 128 cm³/mol. The smallest absolute Gasteiger partial charge is 0.263 e. The summed E-state index contributed by atoms with van der Waals surface area (Å²) in [5.41, 5.74) is 2.09. The zero-order valence-electron chi connectivity index (χ0n) is 18.8. The van der Waals surface area contributed by atoms with Crippen LogP contribution in [0.2, 0.25) is 0 Å². The summed E-state index contributed by atoms with van der Waals surface area (Å²) in [5, 5.41) is 0.238. The number of rotatable bonds is 3. The molecule has 8 heteroatoms. The molecule has 0 N–H and O–H groups in total. The van der Waals surface area contributed by atoms with E-state index < -0.39 is 15.5 Å². The van der Waals surface area contributed by atoms with Gasteiger partial charge in [-0.2, -0.15) is 4.31 Å². The summed E-state index contributed by atoms with van der Waals surface area (Å²) in [4.78, 5) is 28.5. The minimum absolute atomic E-state index is 0.0445. The van der Waals surface area contributed by atoms with E-state index in [4.69, 9.17) is 0 Å². The molecule has 3 aromatic rings. The fraction of sp³-hybridized carbons (Fsp3) is 0.360. The number of hydrogen-bond donors (Lipinski definition) is 0. The van der Waals surface area contributed by atoms with Gasteiger partial charge >= 0.3 is 0 Å². The van der Waals surface area contributed by atoms with Gasteiger partial charge in [-0.15, -0.1) is 0 Å². The molecule has 5 rings (SSSR count). The molecule has 2 aliphatic rings. The van der Waals surface area contributed by atoms with Gasteiger partial charge in [-0.3, -0.25) is 9.59 Å². The minimum atomic E-state index is -3.71. The summed E-state index contributed by atoms with van der Waals surface area (Å²) in [5.74, 6) is 0.144. The number of hydrogen-bond acceptors (Lipinski definition) is 4. The van der Waals surface area contributed by atoms with Gasteiger partial charge in [0.1, 0.15) is 5.56 Å². The van der Waals surface area contributed by atoms with Crippen molar-refractivity contribution in [1.29, 1.82) is 0 Å². The number of aromatic nitrogens is 1. The summed E-state index contributed by atoms with van der Waals surface area (Å²) >= 11 is 0. The summed E-state index contributed by atoms with van der Waals surface area (Å²) < 4.78 is 29.7. The molecule has 0 aliphatic carbocycles. The number of nitrogens with zero attached hydrogens (tertiary/aromatic N) is 3. The van der Waals surface area contributed by atoms with Crippen LogP contribution in [-0.2, 0) is 23.5 Å². The first-order valence-corrected chi connectivity index (χ1v) is 12.7. The number of piperidine rings is 1. The molecule has 2 aliphatic heterocycles. The zero-order valence-corrected chi connectivity index (χ0v) is 19.6. The molecule has 2 aromatic carbocycles. The van der Waals surface area contributed by atoms with Gasteiger partial charge in [0.05, 0.1) is 10.4 Å². The normalized spacial score (nSPS) is 17.5. The fourth-order valence-electron chi connectivity index (χ4n) is 4.85. The second-order valence-corrected chi connectivity index (χ2v) is 11.0. The molecular weight excluding hydrogens is 438 g/mol. The Balaban J connectivity index is 1.57. The first-order valence-electron chi connectivity index (χ1n) is 11.3. The van der Waals surface area contributed by atoms with Crippen molar-refractivity contribution in [3.63, 3.8) is 0 Å². The molecular formula is C25H27N3O4S. The fourth-order valence-corrected chi connectivity index (χ4v) is 6.35. The largest absolute Gasteiger partial charge is 0.350 e. The van der Waals surface area contributed by atoms with E-state index >= 15 is 0 Å². The topological polar surface area (TPSA) is 79.7 Å². The van der Waals surface area contributed by atoms with E-state index in [0.717, 1.165) is 30.5 Å². The van der Waals surface area contributed by atoms with Crippen molar-refractivity contribution in [2.75, 3.05) is 24.5 Å². The number of benzene rings is 2. The average Bonchev–Trinajstić information content (AvgIpc) is 3.25. The lowest BCUT2D eigenvalue weighted by Gasteiger charge is -2.29. The highest BCUT2D eigenvalue weighted by atomic mass is 32.2. The number of pyridine rings is 1. The third-order valence-electron chi connectivity index (χ3n) is 6.90. The van der Waals surface area contributed by atoms with Crippen molar-refractivity contribution in [3.8, 4) is 0 Å². The monoisotopic (exact) mass is 465 g/mol. The maximum Gasteiger partial charge on any atom is 0.263 e. The molecule has 33 heavy (non-hydrogen) atoms. The molecule has 1 saturated heterocycles. The summed E-state index contributed by atoms with van der Waals surface area (Å²) in [6.07, 6.45) is 3.94. The maximum absolute atomic E-state index is 13.4. The molecule has 0 saturated carbocycles. The van der Waals surface area contributed by atoms with Crippen molar-refractivity contribution in [2.45, 2.75) is 31.1 Å². The number of fused-ring (bicyclic) bond motifs is 2. The third kappa shape index (κ3) is 3.67. The van der Waals surface area contributed by atoms with Crippen LogP contribution in [0.15, 0.2) is 58.4 Å². The highest BCUT2D eigenvalue weighted by Crippen LogP contribution is 2.29. The van der Waals surface area contributed by atoms with Crippen molar-refractivity contribution < 1.29 is 13.2 Å². The summed E-state index contributed by atoms with van der Waals surface area (Å²) in [6, 6.07) is 12.3. The number of amides is 1. The zero-order chi connectivity index (χ0) is 23.3. The number of aryl methyl sites for hydroxylation is 1. The number of sulfonamides is 1. The molecule has 1 fully saturated rings. The third-order valence-corrected chi connectivity index (χ3v) is 8.80. The first-order chi connectivity index (χ1) is 15.8. The van der Waals surface area contributed by atoms with Crippen LogP contribution in [0.3, 0.4) is 0 Å². The van der Waals surface area contributed by atoms with Crippen LogP contribution in [0.1, 0.15) is 35.7 Å². The molecule has 1 amide bonds. The number of para-hydroxylation sites is 1. The van der Waals surface area contributed by atoms with Gasteiger partial charge < -0.3 is 9.47 Å². The highest BCUT2D eigenvalue weighted by Gasteiger charge is 2.30. The molecule has 3 heterocycles. The summed E-state index contributed by atoms with van der Waals surface area (Å²) in [6.45, 7) is 3.60. The second kappa shape index (κ2) is 8.11. The van der Waals surface area contributed by atoms with E-state index in [9.17, 15) is 18.0 Å². The van der Waals surface area contributed by atoms with E-state index in [-0.39, 0.29) is 21.8 Å². The molecule has 0 spiro atoms. The Bertz CT molecular complexity index is 1420. The van der Waals surface area contributed by atoms with Crippen LogP contribution in [-0.4, -0.2) is 42.8 Å². The lowest BCUT2D eigenvalue weighted by molar-refractivity contribution is 0.0988. The average molecular weight is 466 g/mol. The molecule has 0 bridgehead atoms. The SMILES string of the molecule is CC1CCN(S(=O)(=O)c2ccc3c(c2)c(=O)c(C(=O)N2CCc4ccccc42)cn3C)CC1. The molecule has 0 unspecified atom stereocenters. The van der Waals surface area contributed by atoms with Crippen LogP contribution < -0.4 is 10.3 Å². The Kier molecular flexibility index (Phi) is 5.37. The van der Waals surface area contributed by atoms with E-state index in [2.05, 4.69) is 6.92 Å². The van der Waals surface area contributed by atoms with Gasteiger partial charge in [0.2, 0.25) is 15.5 Å². The number of carbonyl (C=O) groups is 1. The van der Waals surface area contributed by atoms with Gasteiger partial charge in [0, 0.05) is 44.0 Å². The Labute approximate surface area is 193 Å². The van der Waals surface area contributed by atoms with Gasteiger partial charge in [0.15, 0.2) is 0 Å². The van der Waals surface area contributed by atoms with Crippen molar-refractivity contribution in [2.24, 2.45) is 13.0 Å². The molecule has 172 valence electrons. The predicted octanol–water partition coefficient (Wildman–Crippen LogP) is 3.16. The van der Waals surface area contributed by atoms with Crippen LogP contribution in [0.5, 0.6) is 0 Å². The summed E-state index contributed by atoms with van der Waals surface area (Å²) in [7, 11) is -1.94. The minimum Gasteiger partial charge on any atom is -0.350 e. The Hall–Kier alpha value is -2.97. The Morgan fingerprint density at radius 2 is 1.76 bits per heavy atom. The van der Waals surface area contributed by atoms with E-state index in [1.165, 1.54) is 10.4 Å². The first kappa shape index (κ1) is 21.9. The quantitative estimate of drug-likeness (QED) is 0.595. The Morgan fingerprint density at radius 1 is 1.03 bits per heavy atom. The van der Waals surface area contributed by atoms with Crippen molar-refractivity contribution in [1.82, 2.24) is 8.87 Å². The van der Waals surface area contributed by atoms with E-state index in [1.54, 1.807) is 34.8 Å². The lowest BCUT2D eigenvalue weighted by atomic mass is 10.0. The van der Waals surface area contributed by atoms with Crippen molar-refractivity contribution in [3.05, 3.63) is 70.0 Å². The van der Waals surface area contributed by atoms with Crippen LogP contribution in [0.25, 0.3) is 10.9 Å². The van der Waals surface area contributed by atoms with Crippen LogP contribution in [0.4, 0.5) is 5.69 Å². The molecule has 1 aromatic heterocycles. The number of carbonyl (C=O) groups excluding carboxylic acids is 1. The second-order valence-electron chi connectivity index (χ2n) is 9.08. The van der Waals surface area contributed by atoms with Gasteiger partial charge in [-0.1, -0.05) is 25.1 Å².